The fraction of sp³-hybridized carbons (Fsp3) is 0. The molecular weight excluding hydrogens is 242 g/mol. The zero-order chi connectivity index (χ0) is 13.2. The largest absolute Gasteiger partial charge is 0.457 e. The van der Waals surface area contributed by atoms with E-state index in [4.69, 9.17) is 10.2 Å². The van der Waals surface area contributed by atoms with Crippen molar-refractivity contribution < 1.29 is 9.21 Å². The second-order valence-electron chi connectivity index (χ2n) is 4.06. The molecule has 3 rings (SSSR count). The molecule has 1 amide bonds. The number of amidine groups is 1. The van der Waals surface area contributed by atoms with Crippen molar-refractivity contribution in [1.82, 2.24) is 5.43 Å². The molecule has 1 aromatic heterocycles. The van der Waals surface area contributed by atoms with Gasteiger partial charge in [-0.3, -0.25) is 4.79 Å². The first kappa shape index (κ1) is 11.3. The van der Waals surface area contributed by atoms with Crippen molar-refractivity contribution in [3.05, 3.63) is 53.8 Å². The SMILES string of the molecule is NC1=NNC(=O)/C1=C/c1ccc(-c2ccccc2)o1. The minimum absolute atomic E-state index is 0.169. The topological polar surface area (TPSA) is 80.6 Å². The van der Waals surface area contributed by atoms with Crippen LogP contribution in [0, 0.1) is 0 Å². The highest BCUT2D eigenvalue weighted by atomic mass is 16.3. The van der Waals surface area contributed by atoms with E-state index in [9.17, 15) is 4.79 Å². The lowest BCUT2D eigenvalue weighted by atomic mass is 10.2. The Bertz CT molecular complexity index is 684. The molecule has 5 nitrogen and oxygen atoms in total. The van der Waals surface area contributed by atoms with Gasteiger partial charge in [-0.1, -0.05) is 30.3 Å². The standard InChI is InChI=1S/C14H11N3O2/c15-13-11(14(18)17-16-13)8-10-6-7-12(19-10)9-4-2-1-3-5-9/h1-8H,(H2,15,16)(H,17,18)/b11-8+. The number of amides is 1. The van der Waals surface area contributed by atoms with Crippen LogP contribution in [0.5, 0.6) is 0 Å². The molecule has 0 atom stereocenters. The van der Waals surface area contributed by atoms with Crippen LogP contribution in [0.4, 0.5) is 0 Å². The molecule has 19 heavy (non-hydrogen) atoms. The molecule has 1 aromatic carbocycles. The van der Waals surface area contributed by atoms with Gasteiger partial charge in [0.1, 0.15) is 11.5 Å². The number of furan rings is 1. The van der Waals surface area contributed by atoms with E-state index in [1.807, 2.05) is 36.4 Å². The average molecular weight is 253 g/mol. The quantitative estimate of drug-likeness (QED) is 0.800. The van der Waals surface area contributed by atoms with Gasteiger partial charge in [0.2, 0.25) is 0 Å². The number of benzene rings is 1. The molecule has 2 heterocycles. The van der Waals surface area contributed by atoms with E-state index in [1.54, 1.807) is 12.1 Å². The summed E-state index contributed by atoms with van der Waals surface area (Å²) in [5.41, 5.74) is 9.17. The molecular formula is C14H11N3O2. The number of carbonyl (C=O) groups excluding carboxylic acids is 1. The Morgan fingerprint density at radius 3 is 2.63 bits per heavy atom. The van der Waals surface area contributed by atoms with E-state index in [-0.39, 0.29) is 11.7 Å². The molecule has 0 spiro atoms. The van der Waals surface area contributed by atoms with Crippen LogP contribution in [0.3, 0.4) is 0 Å². The molecule has 0 radical (unpaired) electrons. The molecule has 94 valence electrons. The Morgan fingerprint density at radius 2 is 1.95 bits per heavy atom. The van der Waals surface area contributed by atoms with Crippen LogP contribution >= 0.6 is 0 Å². The normalized spacial score (nSPS) is 16.5. The Morgan fingerprint density at radius 1 is 1.16 bits per heavy atom. The number of hydrogen-bond acceptors (Lipinski definition) is 4. The summed E-state index contributed by atoms with van der Waals surface area (Å²) < 4.78 is 5.66. The van der Waals surface area contributed by atoms with E-state index in [1.165, 1.54) is 0 Å². The second kappa shape index (κ2) is 4.45. The maximum atomic E-state index is 11.5. The van der Waals surface area contributed by atoms with Crippen LogP contribution in [0.25, 0.3) is 17.4 Å². The molecule has 0 unspecified atom stereocenters. The van der Waals surface area contributed by atoms with Crippen molar-refractivity contribution in [3.63, 3.8) is 0 Å². The third kappa shape index (κ3) is 2.13. The summed E-state index contributed by atoms with van der Waals surface area (Å²) in [6, 6.07) is 13.4. The van der Waals surface area contributed by atoms with E-state index >= 15 is 0 Å². The minimum Gasteiger partial charge on any atom is -0.457 e. The van der Waals surface area contributed by atoms with Gasteiger partial charge in [-0.15, -0.1) is 0 Å². The third-order valence-corrected chi connectivity index (χ3v) is 2.77. The first-order valence-electron chi connectivity index (χ1n) is 5.75. The molecule has 3 N–H and O–H groups in total. The van der Waals surface area contributed by atoms with E-state index in [0.29, 0.717) is 11.3 Å². The maximum absolute atomic E-state index is 11.5. The van der Waals surface area contributed by atoms with Crippen LogP contribution in [0.15, 0.2) is 57.6 Å². The van der Waals surface area contributed by atoms with Crippen LogP contribution in [-0.2, 0) is 4.79 Å². The molecule has 0 saturated heterocycles. The van der Waals surface area contributed by atoms with Gasteiger partial charge in [0.15, 0.2) is 5.84 Å². The number of nitrogens with two attached hydrogens (primary N) is 1. The lowest BCUT2D eigenvalue weighted by Crippen LogP contribution is -2.16. The van der Waals surface area contributed by atoms with Crippen LogP contribution in [0.2, 0.25) is 0 Å². The van der Waals surface area contributed by atoms with Crippen molar-refractivity contribution in [2.24, 2.45) is 10.8 Å². The van der Waals surface area contributed by atoms with Crippen molar-refractivity contribution in [2.75, 3.05) is 0 Å². The Balaban J connectivity index is 1.93. The van der Waals surface area contributed by atoms with Gasteiger partial charge in [-0.25, -0.2) is 5.43 Å². The summed E-state index contributed by atoms with van der Waals surface area (Å²) in [5, 5.41) is 3.64. The van der Waals surface area contributed by atoms with E-state index < -0.39 is 0 Å². The van der Waals surface area contributed by atoms with Gasteiger partial charge in [0.25, 0.3) is 5.91 Å². The van der Waals surface area contributed by atoms with Crippen molar-refractivity contribution in [2.45, 2.75) is 0 Å². The van der Waals surface area contributed by atoms with Gasteiger partial charge in [-0.2, -0.15) is 5.10 Å². The minimum atomic E-state index is -0.324. The van der Waals surface area contributed by atoms with E-state index in [0.717, 1.165) is 11.3 Å². The van der Waals surface area contributed by atoms with Gasteiger partial charge >= 0.3 is 0 Å². The van der Waals surface area contributed by atoms with E-state index in [2.05, 4.69) is 10.5 Å². The number of carbonyl (C=O) groups is 1. The molecule has 1 aliphatic heterocycles. The van der Waals surface area contributed by atoms with Gasteiger partial charge in [0.05, 0.1) is 5.57 Å². The third-order valence-electron chi connectivity index (χ3n) is 2.77. The summed E-state index contributed by atoms with van der Waals surface area (Å²) in [6.07, 6.45) is 1.58. The number of rotatable bonds is 2. The maximum Gasteiger partial charge on any atom is 0.275 e. The predicted molar refractivity (Wildman–Crippen MR) is 71.9 cm³/mol. The Kier molecular flexibility index (Phi) is 2.64. The Hall–Kier alpha value is -2.82. The fourth-order valence-corrected chi connectivity index (χ4v) is 1.82. The molecule has 2 aromatic rings. The smallest absolute Gasteiger partial charge is 0.275 e. The number of hydrogen-bond donors (Lipinski definition) is 2. The summed E-state index contributed by atoms with van der Waals surface area (Å²) in [6.45, 7) is 0. The molecule has 1 aliphatic rings. The summed E-state index contributed by atoms with van der Waals surface area (Å²) in [5.74, 6) is 1.14. The highest BCUT2D eigenvalue weighted by molar-refractivity contribution is 6.26. The average Bonchev–Trinajstić information content (AvgIpc) is 3.02. The summed E-state index contributed by atoms with van der Waals surface area (Å²) >= 11 is 0. The molecule has 0 fully saturated rings. The summed E-state index contributed by atoms with van der Waals surface area (Å²) in [4.78, 5) is 11.5. The van der Waals surface area contributed by atoms with Gasteiger partial charge in [-0.05, 0) is 18.2 Å². The van der Waals surface area contributed by atoms with Crippen LogP contribution < -0.4 is 11.2 Å². The first-order valence-corrected chi connectivity index (χ1v) is 5.75. The zero-order valence-electron chi connectivity index (χ0n) is 9.96. The van der Waals surface area contributed by atoms with Crippen LogP contribution in [-0.4, -0.2) is 11.7 Å². The molecule has 5 heteroatoms. The lowest BCUT2D eigenvalue weighted by molar-refractivity contribution is -0.116. The molecule has 0 aliphatic carbocycles. The number of nitrogens with zero attached hydrogens (tertiary/aromatic N) is 1. The highest BCUT2D eigenvalue weighted by Gasteiger charge is 2.20. The second-order valence-corrected chi connectivity index (χ2v) is 4.06. The molecule has 0 bridgehead atoms. The van der Waals surface area contributed by atoms with Gasteiger partial charge in [0, 0.05) is 5.56 Å². The summed E-state index contributed by atoms with van der Waals surface area (Å²) in [7, 11) is 0. The van der Waals surface area contributed by atoms with Crippen molar-refractivity contribution in [1.29, 1.82) is 0 Å². The fourth-order valence-electron chi connectivity index (χ4n) is 1.82. The monoisotopic (exact) mass is 253 g/mol. The first-order chi connectivity index (χ1) is 9.24. The lowest BCUT2D eigenvalue weighted by Gasteiger charge is -1.95. The predicted octanol–water partition coefficient (Wildman–Crippen LogP) is 1.73. The Labute approximate surface area is 109 Å². The number of hydrazone groups is 1. The zero-order valence-corrected chi connectivity index (χ0v) is 9.96. The molecule has 0 saturated carbocycles. The van der Waals surface area contributed by atoms with Gasteiger partial charge < -0.3 is 10.2 Å². The number of nitrogens with one attached hydrogen (secondary N) is 1. The van der Waals surface area contributed by atoms with Crippen LogP contribution in [0.1, 0.15) is 5.76 Å². The highest BCUT2D eigenvalue weighted by Crippen LogP contribution is 2.23. The van der Waals surface area contributed by atoms with Crippen molar-refractivity contribution in [3.8, 4) is 11.3 Å². The van der Waals surface area contributed by atoms with Crippen molar-refractivity contribution >= 4 is 17.8 Å².